The Morgan fingerprint density at radius 3 is 2.93 bits per heavy atom. The van der Waals surface area contributed by atoms with E-state index in [1.807, 2.05) is 0 Å². The van der Waals surface area contributed by atoms with E-state index in [4.69, 9.17) is 11.6 Å². The van der Waals surface area contributed by atoms with Gasteiger partial charge in [-0.25, -0.2) is 0 Å². The number of halogens is 1. The second-order valence-electron chi connectivity index (χ2n) is 4.50. The highest BCUT2D eigenvalue weighted by Crippen LogP contribution is 2.12. The van der Waals surface area contributed by atoms with Crippen LogP contribution in [0.25, 0.3) is 0 Å². The van der Waals surface area contributed by atoms with Crippen molar-refractivity contribution in [2.24, 2.45) is 5.92 Å². The first-order valence-electron chi connectivity index (χ1n) is 5.95. The van der Waals surface area contributed by atoms with E-state index < -0.39 is 0 Å². The lowest BCUT2D eigenvalue weighted by molar-refractivity contribution is 0.230. The molecule has 1 heterocycles. The van der Waals surface area contributed by atoms with E-state index in [1.165, 1.54) is 38.0 Å². The van der Waals surface area contributed by atoms with Crippen LogP contribution in [-0.2, 0) is 0 Å². The lowest BCUT2D eigenvalue weighted by atomic mass is 9.99. The Bertz CT molecular complexity index is 198. The molecule has 1 fully saturated rings. The molecule has 0 saturated carbocycles. The molecule has 0 aromatic heterocycles. The molecule has 0 aromatic carbocycles. The average molecular weight is 231 g/mol. The van der Waals surface area contributed by atoms with Gasteiger partial charge in [-0.15, -0.1) is 0 Å². The maximum atomic E-state index is 5.69. The van der Waals surface area contributed by atoms with Gasteiger partial charge in [-0.3, -0.25) is 4.90 Å². The molecule has 88 valence electrons. The van der Waals surface area contributed by atoms with Crippen LogP contribution in [0.5, 0.6) is 0 Å². The van der Waals surface area contributed by atoms with Crippen molar-refractivity contribution in [1.82, 2.24) is 10.2 Å². The summed E-state index contributed by atoms with van der Waals surface area (Å²) in [6.45, 7) is 10.0. The first-order chi connectivity index (χ1) is 7.26. The zero-order valence-electron chi connectivity index (χ0n) is 9.93. The van der Waals surface area contributed by atoms with Gasteiger partial charge in [-0.1, -0.05) is 18.5 Å². The lowest BCUT2D eigenvalue weighted by Crippen LogP contribution is -2.38. The molecule has 1 aliphatic rings. The van der Waals surface area contributed by atoms with Gasteiger partial charge in [0, 0.05) is 18.6 Å². The summed E-state index contributed by atoms with van der Waals surface area (Å²) in [4.78, 5) is 2.48. The molecule has 3 heteroatoms. The van der Waals surface area contributed by atoms with Crippen LogP contribution in [0.3, 0.4) is 0 Å². The molecule has 0 spiro atoms. The number of rotatable bonds is 5. The molecule has 0 bridgehead atoms. The van der Waals surface area contributed by atoms with Crippen LogP contribution in [0.2, 0.25) is 0 Å². The van der Waals surface area contributed by atoms with E-state index in [1.54, 1.807) is 5.54 Å². The number of hydrogen-bond acceptors (Lipinski definition) is 2. The molecule has 1 aliphatic heterocycles. The number of likely N-dealkylation sites (N-methyl/N-ethyl adjacent to an activating group) is 1. The number of nitrogens with zero attached hydrogens (tertiary/aromatic N) is 1. The summed E-state index contributed by atoms with van der Waals surface area (Å²) in [5.74, 6) is 0.821. The minimum absolute atomic E-state index is 0.821. The summed E-state index contributed by atoms with van der Waals surface area (Å²) in [6, 6.07) is 0. The third-order valence-electron chi connectivity index (χ3n) is 3.02. The van der Waals surface area contributed by atoms with E-state index >= 15 is 0 Å². The largest absolute Gasteiger partial charge is 0.316 e. The van der Waals surface area contributed by atoms with Crippen molar-refractivity contribution in [3.05, 3.63) is 11.1 Å². The summed E-state index contributed by atoms with van der Waals surface area (Å²) in [5.41, 5.74) is 2.95. The van der Waals surface area contributed by atoms with E-state index in [0.717, 1.165) is 19.0 Å². The van der Waals surface area contributed by atoms with Gasteiger partial charge in [0.1, 0.15) is 0 Å². The SMILES string of the molecule is CCN(CC(C)=CCl)CC1CCCNC1. The first-order valence-corrected chi connectivity index (χ1v) is 6.38. The van der Waals surface area contributed by atoms with Crippen LogP contribution in [0.15, 0.2) is 11.1 Å². The van der Waals surface area contributed by atoms with E-state index in [9.17, 15) is 0 Å². The molecule has 0 radical (unpaired) electrons. The van der Waals surface area contributed by atoms with Gasteiger partial charge >= 0.3 is 0 Å². The molecule has 1 unspecified atom stereocenters. The zero-order chi connectivity index (χ0) is 11.1. The Kier molecular flexibility index (Phi) is 6.30. The minimum atomic E-state index is 0.821. The molecule has 1 atom stereocenters. The molecule has 2 nitrogen and oxygen atoms in total. The fourth-order valence-corrected chi connectivity index (χ4v) is 2.21. The maximum Gasteiger partial charge on any atom is 0.0201 e. The Morgan fingerprint density at radius 2 is 2.40 bits per heavy atom. The summed E-state index contributed by atoms with van der Waals surface area (Å²) < 4.78 is 0. The maximum absolute atomic E-state index is 5.69. The van der Waals surface area contributed by atoms with Gasteiger partial charge in [0.2, 0.25) is 0 Å². The second-order valence-corrected chi connectivity index (χ2v) is 4.71. The quantitative estimate of drug-likeness (QED) is 0.781. The van der Waals surface area contributed by atoms with Crippen molar-refractivity contribution in [3.63, 3.8) is 0 Å². The van der Waals surface area contributed by atoms with Crippen molar-refractivity contribution in [3.8, 4) is 0 Å². The molecule has 0 aliphatic carbocycles. The molecule has 1 rings (SSSR count). The average Bonchev–Trinajstić information content (AvgIpc) is 2.29. The van der Waals surface area contributed by atoms with E-state index in [2.05, 4.69) is 24.1 Å². The highest BCUT2D eigenvalue weighted by atomic mass is 35.5. The highest BCUT2D eigenvalue weighted by molar-refractivity contribution is 6.25. The molecule has 1 saturated heterocycles. The summed E-state index contributed by atoms with van der Waals surface area (Å²) in [5, 5.41) is 3.46. The first kappa shape index (κ1) is 13.0. The van der Waals surface area contributed by atoms with Crippen molar-refractivity contribution >= 4 is 11.6 Å². The predicted octanol–water partition coefficient (Wildman–Crippen LogP) is 2.45. The van der Waals surface area contributed by atoms with Crippen molar-refractivity contribution in [1.29, 1.82) is 0 Å². The third kappa shape index (κ3) is 5.01. The molecule has 1 N–H and O–H groups in total. The van der Waals surface area contributed by atoms with Crippen LogP contribution < -0.4 is 5.32 Å². The third-order valence-corrected chi connectivity index (χ3v) is 3.39. The second kappa shape index (κ2) is 7.26. The Morgan fingerprint density at radius 1 is 1.60 bits per heavy atom. The monoisotopic (exact) mass is 230 g/mol. The lowest BCUT2D eigenvalue weighted by Gasteiger charge is -2.29. The van der Waals surface area contributed by atoms with Gasteiger partial charge < -0.3 is 5.32 Å². The van der Waals surface area contributed by atoms with Crippen LogP contribution in [0.4, 0.5) is 0 Å². The number of nitrogens with one attached hydrogen (secondary N) is 1. The number of piperidine rings is 1. The highest BCUT2D eigenvalue weighted by Gasteiger charge is 2.15. The molecular formula is C12H23ClN2. The van der Waals surface area contributed by atoms with Crippen molar-refractivity contribution in [2.45, 2.75) is 26.7 Å². The molecule has 0 amide bonds. The summed E-state index contributed by atoms with van der Waals surface area (Å²) in [6.07, 6.45) is 2.69. The smallest absolute Gasteiger partial charge is 0.0201 e. The van der Waals surface area contributed by atoms with E-state index in [0.29, 0.717) is 0 Å². The van der Waals surface area contributed by atoms with Crippen LogP contribution in [-0.4, -0.2) is 37.6 Å². The minimum Gasteiger partial charge on any atom is -0.316 e. The van der Waals surface area contributed by atoms with Crippen molar-refractivity contribution in [2.75, 3.05) is 32.7 Å². The van der Waals surface area contributed by atoms with Gasteiger partial charge in [-0.2, -0.15) is 0 Å². The number of hydrogen-bond donors (Lipinski definition) is 1. The Balaban J connectivity index is 2.31. The zero-order valence-corrected chi connectivity index (χ0v) is 10.7. The van der Waals surface area contributed by atoms with Gasteiger partial charge in [0.05, 0.1) is 0 Å². The fraction of sp³-hybridized carbons (Fsp3) is 0.833. The Hall–Kier alpha value is -0.0500. The molecular weight excluding hydrogens is 208 g/mol. The topological polar surface area (TPSA) is 15.3 Å². The van der Waals surface area contributed by atoms with Crippen molar-refractivity contribution < 1.29 is 0 Å². The molecule has 0 aromatic rings. The van der Waals surface area contributed by atoms with Crippen LogP contribution in [0.1, 0.15) is 26.7 Å². The summed E-state index contributed by atoms with van der Waals surface area (Å²) in [7, 11) is 0. The van der Waals surface area contributed by atoms with E-state index in [-0.39, 0.29) is 0 Å². The molecule has 15 heavy (non-hydrogen) atoms. The standard InChI is InChI=1S/C12H23ClN2/c1-3-15(9-11(2)7-13)10-12-5-4-6-14-8-12/h7,12,14H,3-6,8-10H2,1-2H3. The van der Waals surface area contributed by atoms with Crippen LogP contribution >= 0.6 is 11.6 Å². The predicted molar refractivity (Wildman–Crippen MR) is 67.3 cm³/mol. The van der Waals surface area contributed by atoms with Gasteiger partial charge in [-0.05, 0) is 50.9 Å². The van der Waals surface area contributed by atoms with Crippen LogP contribution in [0, 0.1) is 5.92 Å². The fourth-order valence-electron chi connectivity index (χ4n) is 2.14. The van der Waals surface area contributed by atoms with Gasteiger partial charge in [0.25, 0.3) is 0 Å². The Labute approximate surface area is 98.7 Å². The summed E-state index contributed by atoms with van der Waals surface area (Å²) >= 11 is 5.69. The normalized spacial score (nSPS) is 23.5. The van der Waals surface area contributed by atoms with Gasteiger partial charge in [0.15, 0.2) is 0 Å².